The maximum absolute atomic E-state index is 8.67. The SMILES string of the molecule is CN(CCCCO)CC1CCN(C)C1. The molecule has 3 nitrogen and oxygen atoms in total. The zero-order valence-electron chi connectivity index (χ0n) is 9.58. The van der Waals surface area contributed by atoms with Gasteiger partial charge in [0.15, 0.2) is 0 Å². The highest BCUT2D eigenvalue weighted by Gasteiger charge is 2.20. The molecule has 1 rings (SSSR count). The maximum Gasteiger partial charge on any atom is 0.0431 e. The zero-order valence-corrected chi connectivity index (χ0v) is 9.58. The highest BCUT2D eigenvalue weighted by atomic mass is 16.2. The molecule has 1 unspecified atom stereocenters. The van der Waals surface area contributed by atoms with Gasteiger partial charge >= 0.3 is 0 Å². The predicted molar refractivity (Wildman–Crippen MR) is 59.4 cm³/mol. The minimum atomic E-state index is 0.333. The van der Waals surface area contributed by atoms with E-state index in [2.05, 4.69) is 23.9 Å². The Balaban J connectivity index is 2.05. The molecule has 0 amide bonds. The van der Waals surface area contributed by atoms with Gasteiger partial charge < -0.3 is 14.9 Å². The summed E-state index contributed by atoms with van der Waals surface area (Å²) in [6, 6.07) is 0. The quantitative estimate of drug-likeness (QED) is 0.638. The highest BCUT2D eigenvalue weighted by Crippen LogP contribution is 2.15. The molecule has 1 fully saturated rings. The van der Waals surface area contributed by atoms with E-state index in [0.717, 1.165) is 25.3 Å². The number of aliphatic hydroxyl groups excluding tert-OH is 1. The average molecular weight is 200 g/mol. The Morgan fingerprint density at radius 1 is 1.43 bits per heavy atom. The fraction of sp³-hybridized carbons (Fsp3) is 1.00. The van der Waals surface area contributed by atoms with Crippen LogP contribution in [0.25, 0.3) is 0 Å². The molecule has 0 aliphatic carbocycles. The molecule has 1 saturated heterocycles. The lowest BCUT2D eigenvalue weighted by Gasteiger charge is -2.20. The summed E-state index contributed by atoms with van der Waals surface area (Å²) in [5.74, 6) is 0.860. The number of nitrogens with zero attached hydrogens (tertiary/aromatic N) is 2. The van der Waals surface area contributed by atoms with Crippen LogP contribution in [0.5, 0.6) is 0 Å². The van der Waals surface area contributed by atoms with Gasteiger partial charge in [-0.05, 0) is 52.4 Å². The van der Waals surface area contributed by atoms with Crippen molar-refractivity contribution in [1.82, 2.24) is 9.80 Å². The molecule has 0 aromatic heterocycles. The fourth-order valence-electron chi connectivity index (χ4n) is 2.20. The molecule has 1 heterocycles. The number of hydrogen-bond donors (Lipinski definition) is 1. The predicted octanol–water partition coefficient (Wildman–Crippen LogP) is 0.642. The van der Waals surface area contributed by atoms with E-state index in [1.807, 2.05) is 0 Å². The van der Waals surface area contributed by atoms with Crippen molar-refractivity contribution in [2.75, 3.05) is 46.9 Å². The van der Waals surface area contributed by atoms with Crippen molar-refractivity contribution in [1.29, 1.82) is 0 Å². The topological polar surface area (TPSA) is 26.7 Å². The molecule has 0 aromatic carbocycles. The van der Waals surface area contributed by atoms with E-state index in [9.17, 15) is 0 Å². The standard InChI is InChI=1S/C11H24N2O/c1-12(6-3-4-8-14)9-11-5-7-13(2)10-11/h11,14H,3-10H2,1-2H3. The Hall–Kier alpha value is -0.120. The molecular weight excluding hydrogens is 176 g/mol. The van der Waals surface area contributed by atoms with Crippen molar-refractivity contribution in [3.8, 4) is 0 Å². The van der Waals surface area contributed by atoms with Gasteiger partial charge in [0.1, 0.15) is 0 Å². The van der Waals surface area contributed by atoms with Gasteiger partial charge in [0.25, 0.3) is 0 Å². The first-order valence-corrected chi connectivity index (χ1v) is 5.70. The summed E-state index contributed by atoms with van der Waals surface area (Å²) in [5, 5.41) is 8.67. The molecule has 1 atom stereocenters. The molecule has 84 valence electrons. The van der Waals surface area contributed by atoms with Gasteiger partial charge in [-0.25, -0.2) is 0 Å². The Bertz CT molecular complexity index is 152. The van der Waals surface area contributed by atoms with Crippen molar-refractivity contribution in [3.05, 3.63) is 0 Å². The summed E-state index contributed by atoms with van der Waals surface area (Å²) in [6.45, 7) is 5.19. The van der Waals surface area contributed by atoms with E-state index in [0.29, 0.717) is 6.61 Å². The van der Waals surface area contributed by atoms with Gasteiger partial charge in [-0.3, -0.25) is 0 Å². The van der Waals surface area contributed by atoms with Crippen LogP contribution in [0.4, 0.5) is 0 Å². The minimum Gasteiger partial charge on any atom is -0.396 e. The van der Waals surface area contributed by atoms with E-state index in [4.69, 9.17) is 5.11 Å². The molecule has 0 radical (unpaired) electrons. The van der Waals surface area contributed by atoms with Crippen LogP contribution in [0.15, 0.2) is 0 Å². The van der Waals surface area contributed by atoms with Gasteiger partial charge in [-0.2, -0.15) is 0 Å². The second kappa shape index (κ2) is 6.38. The fourth-order valence-corrected chi connectivity index (χ4v) is 2.20. The zero-order chi connectivity index (χ0) is 10.4. The lowest BCUT2D eigenvalue weighted by molar-refractivity contribution is 0.245. The number of rotatable bonds is 6. The lowest BCUT2D eigenvalue weighted by atomic mass is 10.1. The Morgan fingerprint density at radius 2 is 2.21 bits per heavy atom. The van der Waals surface area contributed by atoms with Gasteiger partial charge in [0.2, 0.25) is 0 Å². The van der Waals surface area contributed by atoms with Crippen LogP contribution in [-0.4, -0.2) is 61.8 Å². The molecule has 0 aromatic rings. The maximum atomic E-state index is 8.67. The largest absolute Gasteiger partial charge is 0.396 e. The van der Waals surface area contributed by atoms with E-state index in [1.54, 1.807) is 0 Å². The van der Waals surface area contributed by atoms with Crippen molar-refractivity contribution in [3.63, 3.8) is 0 Å². The normalized spacial score (nSPS) is 23.6. The Labute approximate surface area is 87.7 Å². The van der Waals surface area contributed by atoms with Crippen LogP contribution >= 0.6 is 0 Å². The first-order valence-electron chi connectivity index (χ1n) is 5.70. The van der Waals surface area contributed by atoms with Crippen molar-refractivity contribution < 1.29 is 5.11 Å². The molecule has 14 heavy (non-hydrogen) atoms. The van der Waals surface area contributed by atoms with Crippen LogP contribution in [0.1, 0.15) is 19.3 Å². The summed E-state index contributed by atoms with van der Waals surface area (Å²) in [6.07, 6.45) is 3.41. The van der Waals surface area contributed by atoms with Crippen molar-refractivity contribution >= 4 is 0 Å². The molecule has 0 spiro atoms. The van der Waals surface area contributed by atoms with E-state index in [-0.39, 0.29) is 0 Å². The average Bonchev–Trinajstić information content (AvgIpc) is 2.52. The summed E-state index contributed by atoms with van der Waals surface area (Å²) in [7, 11) is 4.39. The smallest absolute Gasteiger partial charge is 0.0431 e. The second-order valence-electron chi connectivity index (χ2n) is 4.61. The van der Waals surface area contributed by atoms with Gasteiger partial charge in [0.05, 0.1) is 0 Å². The van der Waals surface area contributed by atoms with E-state index < -0.39 is 0 Å². The Kier molecular flexibility index (Phi) is 5.45. The molecule has 0 saturated carbocycles. The monoisotopic (exact) mass is 200 g/mol. The molecule has 1 N–H and O–H groups in total. The summed E-state index contributed by atoms with van der Waals surface area (Å²) >= 11 is 0. The number of likely N-dealkylation sites (tertiary alicyclic amines) is 1. The van der Waals surface area contributed by atoms with Crippen LogP contribution < -0.4 is 0 Å². The van der Waals surface area contributed by atoms with Crippen molar-refractivity contribution in [2.24, 2.45) is 5.92 Å². The first-order chi connectivity index (χ1) is 6.72. The van der Waals surface area contributed by atoms with Crippen LogP contribution in [-0.2, 0) is 0 Å². The Morgan fingerprint density at radius 3 is 2.79 bits per heavy atom. The summed E-state index contributed by atoms with van der Waals surface area (Å²) in [5.41, 5.74) is 0. The second-order valence-corrected chi connectivity index (χ2v) is 4.61. The molecular formula is C11H24N2O. The van der Waals surface area contributed by atoms with Crippen LogP contribution in [0.3, 0.4) is 0 Å². The molecule has 3 heteroatoms. The third-order valence-corrected chi connectivity index (χ3v) is 3.01. The summed E-state index contributed by atoms with van der Waals surface area (Å²) < 4.78 is 0. The molecule has 1 aliphatic heterocycles. The first kappa shape index (κ1) is 12.0. The summed E-state index contributed by atoms with van der Waals surface area (Å²) in [4.78, 5) is 4.81. The number of hydrogen-bond acceptors (Lipinski definition) is 3. The van der Waals surface area contributed by atoms with Gasteiger partial charge in [0, 0.05) is 19.7 Å². The highest BCUT2D eigenvalue weighted by molar-refractivity contribution is 4.75. The third-order valence-electron chi connectivity index (χ3n) is 3.01. The minimum absolute atomic E-state index is 0.333. The third kappa shape index (κ3) is 4.40. The van der Waals surface area contributed by atoms with Gasteiger partial charge in [-0.15, -0.1) is 0 Å². The number of unbranched alkanes of at least 4 members (excludes halogenated alkanes) is 1. The van der Waals surface area contributed by atoms with Crippen LogP contribution in [0.2, 0.25) is 0 Å². The van der Waals surface area contributed by atoms with Crippen LogP contribution in [0, 0.1) is 5.92 Å². The lowest BCUT2D eigenvalue weighted by Crippen LogP contribution is -2.28. The molecule has 1 aliphatic rings. The van der Waals surface area contributed by atoms with Crippen molar-refractivity contribution in [2.45, 2.75) is 19.3 Å². The van der Waals surface area contributed by atoms with E-state index in [1.165, 1.54) is 26.1 Å². The van der Waals surface area contributed by atoms with E-state index >= 15 is 0 Å². The van der Waals surface area contributed by atoms with Gasteiger partial charge in [-0.1, -0.05) is 0 Å². The molecule has 0 bridgehead atoms. The number of aliphatic hydroxyl groups is 1.